The fraction of sp³-hybridized carbons (Fsp3) is 0.571. The summed E-state index contributed by atoms with van der Waals surface area (Å²) in [5.74, 6) is 0. The van der Waals surface area contributed by atoms with Crippen molar-refractivity contribution in [2.75, 3.05) is 32.1 Å². The van der Waals surface area contributed by atoms with E-state index < -0.39 is 0 Å². The van der Waals surface area contributed by atoms with Gasteiger partial charge in [-0.1, -0.05) is 13.3 Å². The Bertz CT molecular complexity index is 794. The summed E-state index contributed by atoms with van der Waals surface area (Å²) in [5, 5.41) is 1.10. The van der Waals surface area contributed by atoms with E-state index >= 15 is 0 Å². The number of nitrogens with zero attached hydrogens (tertiary/aromatic N) is 2. The predicted octanol–water partition coefficient (Wildman–Crippen LogP) is 3.84. The van der Waals surface area contributed by atoms with E-state index in [-0.39, 0.29) is 5.63 Å². The smallest absolute Gasteiger partial charge is 0.336 e. The molecule has 1 aromatic carbocycles. The molecule has 3 rings (SSSR count). The minimum atomic E-state index is -0.246. The zero-order chi connectivity index (χ0) is 18.0. The van der Waals surface area contributed by atoms with Crippen molar-refractivity contribution in [2.45, 2.75) is 52.0 Å². The highest BCUT2D eigenvalue weighted by molar-refractivity contribution is 5.86. The van der Waals surface area contributed by atoms with Crippen molar-refractivity contribution in [1.82, 2.24) is 4.90 Å². The van der Waals surface area contributed by atoms with Gasteiger partial charge in [0.2, 0.25) is 0 Å². The molecule has 0 saturated heterocycles. The van der Waals surface area contributed by atoms with Gasteiger partial charge in [0.1, 0.15) is 5.58 Å². The van der Waals surface area contributed by atoms with Crippen LogP contribution in [0.1, 0.15) is 44.2 Å². The van der Waals surface area contributed by atoms with E-state index in [1.165, 1.54) is 30.5 Å². The van der Waals surface area contributed by atoms with E-state index in [1.807, 2.05) is 0 Å². The summed E-state index contributed by atoms with van der Waals surface area (Å²) in [6.45, 7) is 6.59. The fourth-order valence-corrected chi connectivity index (χ4v) is 3.63. The third-order valence-electron chi connectivity index (χ3n) is 5.42. The molecule has 0 spiro atoms. The van der Waals surface area contributed by atoms with E-state index in [2.05, 4.69) is 49.9 Å². The molecule has 136 valence electrons. The van der Waals surface area contributed by atoms with Gasteiger partial charge in [-0.25, -0.2) is 4.79 Å². The molecular weight excluding hydrogens is 312 g/mol. The van der Waals surface area contributed by atoms with Crippen LogP contribution in [0, 0.1) is 0 Å². The van der Waals surface area contributed by atoms with Crippen molar-refractivity contribution in [3.05, 3.63) is 39.7 Å². The molecule has 4 nitrogen and oxygen atoms in total. The quantitative estimate of drug-likeness (QED) is 0.748. The number of fused-ring (bicyclic) bond motifs is 2. The van der Waals surface area contributed by atoms with Gasteiger partial charge in [0, 0.05) is 42.3 Å². The Morgan fingerprint density at radius 2 is 2.08 bits per heavy atom. The standard InChI is InChI=1S/C21H30N2O2/c1-5-6-9-23-10-7-8-16-12-18-17(11-15(2)22(3)4)13-21(24)25-20(18)14-19(16)23/h12-15H,5-11H2,1-4H3. The lowest BCUT2D eigenvalue weighted by Crippen LogP contribution is -2.30. The van der Waals surface area contributed by atoms with Gasteiger partial charge in [-0.15, -0.1) is 0 Å². The highest BCUT2D eigenvalue weighted by Gasteiger charge is 2.20. The molecule has 2 heterocycles. The summed E-state index contributed by atoms with van der Waals surface area (Å²) in [4.78, 5) is 16.7. The summed E-state index contributed by atoms with van der Waals surface area (Å²) in [6.07, 6.45) is 5.55. The second-order valence-electron chi connectivity index (χ2n) is 7.53. The second kappa shape index (κ2) is 7.61. The van der Waals surface area contributed by atoms with Crippen LogP contribution >= 0.6 is 0 Å². The summed E-state index contributed by atoms with van der Waals surface area (Å²) >= 11 is 0. The van der Waals surface area contributed by atoms with Crippen molar-refractivity contribution in [1.29, 1.82) is 0 Å². The molecule has 2 aromatic rings. The maximum absolute atomic E-state index is 12.1. The Hall–Kier alpha value is -1.81. The van der Waals surface area contributed by atoms with Gasteiger partial charge in [-0.05, 0) is 63.9 Å². The number of aryl methyl sites for hydroxylation is 1. The topological polar surface area (TPSA) is 36.7 Å². The van der Waals surface area contributed by atoms with Crippen LogP contribution in [0.15, 0.2) is 27.4 Å². The van der Waals surface area contributed by atoms with Gasteiger partial charge < -0.3 is 14.2 Å². The average molecular weight is 342 g/mol. The fourth-order valence-electron chi connectivity index (χ4n) is 3.63. The molecule has 1 aliphatic rings. The summed E-state index contributed by atoms with van der Waals surface area (Å²) in [6, 6.07) is 6.42. The molecule has 4 heteroatoms. The van der Waals surface area contributed by atoms with Gasteiger partial charge in [-0.3, -0.25) is 0 Å². The number of unbranched alkanes of at least 4 members (excludes halogenated alkanes) is 1. The minimum Gasteiger partial charge on any atom is -0.423 e. The van der Waals surface area contributed by atoms with Crippen LogP contribution in [0.25, 0.3) is 11.0 Å². The normalized spacial score (nSPS) is 15.6. The van der Waals surface area contributed by atoms with Gasteiger partial charge in [-0.2, -0.15) is 0 Å². The van der Waals surface area contributed by atoms with E-state index in [1.54, 1.807) is 6.07 Å². The zero-order valence-electron chi connectivity index (χ0n) is 16.0. The number of benzene rings is 1. The molecule has 1 aromatic heterocycles. The Morgan fingerprint density at radius 1 is 1.28 bits per heavy atom. The van der Waals surface area contributed by atoms with Crippen LogP contribution in [0.5, 0.6) is 0 Å². The van der Waals surface area contributed by atoms with Crippen LogP contribution < -0.4 is 10.5 Å². The van der Waals surface area contributed by atoms with Crippen molar-refractivity contribution >= 4 is 16.7 Å². The first kappa shape index (κ1) is 18.0. The van der Waals surface area contributed by atoms with Crippen LogP contribution in [0.4, 0.5) is 5.69 Å². The van der Waals surface area contributed by atoms with Crippen LogP contribution in [-0.2, 0) is 12.8 Å². The van der Waals surface area contributed by atoms with Crippen molar-refractivity contribution in [3.63, 3.8) is 0 Å². The lowest BCUT2D eigenvalue weighted by molar-refractivity contribution is 0.312. The minimum absolute atomic E-state index is 0.246. The van der Waals surface area contributed by atoms with Crippen LogP contribution in [-0.4, -0.2) is 38.1 Å². The number of hydrogen-bond acceptors (Lipinski definition) is 4. The first-order valence-corrected chi connectivity index (χ1v) is 9.50. The molecule has 0 radical (unpaired) electrons. The monoisotopic (exact) mass is 342 g/mol. The predicted molar refractivity (Wildman–Crippen MR) is 105 cm³/mol. The summed E-state index contributed by atoms with van der Waals surface area (Å²) < 4.78 is 5.57. The van der Waals surface area contributed by atoms with Crippen molar-refractivity contribution in [2.24, 2.45) is 0 Å². The van der Waals surface area contributed by atoms with Gasteiger partial charge in [0.25, 0.3) is 0 Å². The van der Waals surface area contributed by atoms with Crippen molar-refractivity contribution < 1.29 is 4.42 Å². The molecule has 0 bridgehead atoms. The largest absolute Gasteiger partial charge is 0.423 e. The summed E-state index contributed by atoms with van der Waals surface area (Å²) in [7, 11) is 4.15. The molecule has 1 unspecified atom stereocenters. The number of anilines is 1. The molecule has 0 N–H and O–H groups in total. The summed E-state index contributed by atoms with van der Waals surface area (Å²) in [5.41, 5.74) is 4.23. The Morgan fingerprint density at radius 3 is 2.80 bits per heavy atom. The molecule has 0 aliphatic carbocycles. The SMILES string of the molecule is CCCCN1CCCc2cc3c(CC(C)N(C)C)cc(=O)oc3cc21. The maximum atomic E-state index is 12.1. The van der Waals surface area contributed by atoms with Gasteiger partial charge in [0.15, 0.2) is 0 Å². The average Bonchev–Trinajstić information content (AvgIpc) is 2.58. The lowest BCUT2D eigenvalue weighted by atomic mass is 9.95. The van der Waals surface area contributed by atoms with Gasteiger partial charge in [0.05, 0.1) is 0 Å². The van der Waals surface area contributed by atoms with Crippen LogP contribution in [0.2, 0.25) is 0 Å². The number of hydrogen-bond donors (Lipinski definition) is 0. The number of rotatable bonds is 6. The maximum Gasteiger partial charge on any atom is 0.336 e. The van der Waals surface area contributed by atoms with Gasteiger partial charge >= 0.3 is 5.63 Å². The second-order valence-corrected chi connectivity index (χ2v) is 7.53. The first-order valence-electron chi connectivity index (χ1n) is 9.50. The highest BCUT2D eigenvalue weighted by atomic mass is 16.4. The number of likely N-dealkylation sites (N-methyl/N-ethyl adjacent to an activating group) is 1. The molecule has 0 saturated carbocycles. The molecule has 0 fully saturated rings. The third-order valence-corrected chi connectivity index (χ3v) is 5.42. The van der Waals surface area contributed by atoms with E-state index in [0.717, 1.165) is 42.5 Å². The molecular formula is C21H30N2O2. The Kier molecular flexibility index (Phi) is 5.48. The first-order chi connectivity index (χ1) is 12.0. The third kappa shape index (κ3) is 3.90. The Balaban J connectivity index is 2.05. The Labute approximate surface area is 150 Å². The van der Waals surface area contributed by atoms with Crippen LogP contribution in [0.3, 0.4) is 0 Å². The molecule has 1 atom stereocenters. The van der Waals surface area contributed by atoms with E-state index in [0.29, 0.717) is 6.04 Å². The molecule has 1 aliphatic heterocycles. The molecule has 25 heavy (non-hydrogen) atoms. The highest BCUT2D eigenvalue weighted by Crippen LogP contribution is 2.33. The molecule has 0 amide bonds. The van der Waals surface area contributed by atoms with E-state index in [9.17, 15) is 4.79 Å². The van der Waals surface area contributed by atoms with E-state index in [4.69, 9.17) is 4.42 Å². The van der Waals surface area contributed by atoms with Crippen molar-refractivity contribution in [3.8, 4) is 0 Å². The zero-order valence-corrected chi connectivity index (χ0v) is 16.0. The lowest BCUT2D eigenvalue weighted by Gasteiger charge is -2.31.